The smallest absolute Gasteiger partial charge is 0.296 e. The Morgan fingerprint density at radius 3 is 1.75 bits per heavy atom. The molecule has 0 saturated heterocycles. The molecule has 0 bridgehead atoms. The number of carbonyl (C=O) groups excluding carboxylic acids is 1. The van der Waals surface area contributed by atoms with E-state index in [9.17, 15) is 4.79 Å². The van der Waals surface area contributed by atoms with E-state index in [1.54, 1.807) is 6.08 Å². The molecule has 0 aromatic rings. The predicted octanol–water partition coefficient (Wildman–Crippen LogP) is 4.28. The molecule has 0 aliphatic carbocycles. The molecule has 0 saturated carbocycles. The van der Waals surface area contributed by atoms with Crippen molar-refractivity contribution in [3.8, 4) is 0 Å². The maximum Gasteiger partial charge on any atom is 0.296 e. The summed E-state index contributed by atoms with van der Waals surface area (Å²) in [6, 6.07) is 0. The summed E-state index contributed by atoms with van der Waals surface area (Å²) in [4.78, 5) is 11.7. The van der Waals surface area contributed by atoms with Crippen LogP contribution in [0.25, 0.3) is 0 Å². The van der Waals surface area contributed by atoms with E-state index in [0.29, 0.717) is 23.0 Å². The Balaban J connectivity index is 5.05. The summed E-state index contributed by atoms with van der Waals surface area (Å²) >= 11 is 0. The van der Waals surface area contributed by atoms with Gasteiger partial charge in [0.2, 0.25) is 0 Å². The summed E-state index contributed by atoms with van der Waals surface area (Å²) in [7, 11) is -2.03. The first-order chi connectivity index (χ1) is 7.28. The van der Waals surface area contributed by atoms with Crippen molar-refractivity contribution in [2.45, 2.75) is 64.6 Å². The normalized spacial score (nSPS) is 12.3. The minimum Gasteiger partial charge on any atom is -0.518 e. The van der Waals surface area contributed by atoms with E-state index < -0.39 is 8.32 Å². The van der Waals surface area contributed by atoms with Gasteiger partial charge in [-0.05, 0) is 16.6 Å². The van der Waals surface area contributed by atoms with Gasteiger partial charge in [0.1, 0.15) is 0 Å². The Hall–Kier alpha value is -0.573. The van der Waals surface area contributed by atoms with Gasteiger partial charge in [0.25, 0.3) is 14.3 Å². The summed E-state index contributed by atoms with van der Waals surface area (Å²) in [6.07, 6.45) is 1.93. The topological polar surface area (TPSA) is 26.3 Å². The second-order valence-electron chi connectivity index (χ2n) is 5.28. The van der Waals surface area contributed by atoms with E-state index in [0.717, 1.165) is 0 Å². The molecule has 0 rings (SSSR count). The molecule has 3 heteroatoms. The Kier molecular flexibility index (Phi) is 6.01. The third-order valence-corrected chi connectivity index (χ3v) is 9.30. The van der Waals surface area contributed by atoms with Gasteiger partial charge in [-0.2, -0.15) is 0 Å². The SMILES string of the molecule is C=CCC(=O)O[Si](C(C)C)(C(C)C)C(C)C. The lowest BCUT2D eigenvalue weighted by Crippen LogP contribution is -2.49. The van der Waals surface area contributed by atoms with Crippen LogP contribution in [0.3, 0.4) is 0 Å². The molecule has 0 amide bonds. The van der Waals surface area contributed by atoms with Gasteiger partial charge in [0.05, 0.1) is 6.42 Å². The Labute approximate surface area is 101 Å². The summed E-state index contributed by atoms with van der Waals surface area (Å²) in [6.45, 7) is 16.6. The highest BCUT2D eigenvalue weighted by Gasteiger charge is 2.47. The third-order valence-electron chi connectivity index (χ3n) is 3.31. The van der Waals surface area contributed by atoms with Crippen LogP contribution in [0.1, 0.15) is 48.0 Å². The molecule has 0 aliphatic rings. The largest absolute Gasteiger partial charge is 0.518 e. The molecule has 0 N–H and O–H groups in total. The molecular weight excluding hydrogens is 216 g/mol. The van der Waals surface area contributed by atoms with Gasteiger partial charge in [-0.3, -0.25) is 4.79 Å². The van der Waals surface area contributed by atoms with Gasteiger partial charge in [0, 0.05) is 0 Å². The fourth-order valence-corrected chi connectivity index (χ4v) is 7.90. The number of hydrogen-bond donors (Lipinski definition) is 0. The lowest BCUT2D eigenvalue weighted by Gasteiger charge is -2.41. The zero-order valence-corrected chi connectivity index (χ0v) is 12.5. The fourth-order valence-electron chi connectivity index (χ4n) is 2.71. The van der Waals surface area contributed by atoms with Crippen molar-refractivity contribution in [3.63, 3.8) is 0 Å². The highest BCUT2D eigenvalue weighted by Crippen LogP contribution is 2.42. The zero-order chi connectivity index (χ0) is 12.9. The summed E-state index contributed by atoms with van der Waals surface area (Å²) in [5, 5.41) is 0. The van der Waals surface area contributed by atoms with Gasteiger partial charge in [0.15, 0.2) is 0 Å². The van der Waals surface area contributed by atoms with Gasteiger partial charge < -0.3 is 4.43 Å². The average Bonchev–Trinajstić information content (AvgIpc) is 2.12. The van der Waals surface area contributed by atoms with Gasteiger partial charge in [-0.15, -0.1) is 6.58 Å². The molecule has 2 nitrogen and oxygen atoms in total. The first-order valence-corrected chi connectivity index (χ1v) is 8.25. The molecule has 0 aromatic carbocycles. The van der Waals surface area contributed by atoms with Crippen molar-refractivity contribution in [2.24, 2.45) is 0 Å². The van der Waals surface area contributed by atoms with Gasteiger partial charge in [-0.25, -0.2) is 0 Å². The number of carbonyl (C=O) groups is 1. The quantitative estimate of drug-likeness (QED) is 0.513. The lowest BCUT2D eigenvalue weighted by atomic mass is 10.4. The van der Waals surface area contributed by atoms with Crippen LogP contribution in [-0.2, 0) is 9.22 Å². The lowest BCUT2D eigenvalue weighted by molar-refractivity contribution is -0.134. The van der Waals surface area contributed by atoms with E-state index in [-0.39, 0.29) is 5.97 Å². The predicted molar refractivity (Wildman–Crippen MR) is 72.0 cm³/mol. The molecule has 94 valence electrons. The van der Waals surface area contributed by atoms with Crippen LogP contribution in [0.5, 0.6) is 0 Å². The number of rotatable bonds is 6. The first kappa shape index (κ1) is 15.4. The number of hydrogen-bond acceptors (Lipinski definition) is 2. The summed E-state index contributed by atoms with van der Waals surface area (Å²) < 4.78 is 5.89. The Morgan fingerprint density at radius 1 is 1.12 bits per heavy atom. The highest BCUT2D eigenvalue weighted by molar-refractivity contribution is 6.78. The van der Waals surface area contributed by atoms with Crippen molar-refractivity contribution in [1.82, 2.24) is 0 Å². The van der Waals surface area contributed by atoms with Gasteiger partial charge in [-0.1, -0.05) is 47.6 Å². The third kappa shape index (κ3) is 3.21. The van der Waals surface area contributed by atoms with Crippen LogP contribution in [0.2, 0.25) is 16.6 Å². The van der Waals surface area contributed by atoms with Crippen LogP contribution >= 0.6 is 0 Å². The zero-order valence-electron chi connectivity index (χ0n) is 11.5. The summed E-state index contributed by atoms with van der Waals surface area (Å²) in [5.74, 6) is -0.113. The summed E-state index contributed by atoms with van der Waals surface area (Å²) in [5.41, 5.74) is 1.34. The fraction of sp³-hybridized carbons (Fsp3) is 0.769. The van der Waals surface area contributed by atoms with E-state index >= 15 is 0 Å². The van der Waals surface area contributed by atoms with Crippen molar-refractivity contribution in [1.29, 1.82) is 0 Å². The van der Waals surface area contributed by atoms with E-state index in [4.69, 9.17) is 4.43 Å². The van der Waals surface area contributed by atoms with Crippen LogP contribution in [-0.4, -0.2) is 14.3 Å². The second-order valence-corrected chi connectivity index (χ2v) is 10.7. The molecule has 0 fully saturated rings. The Bertz CT molecular complexity index is 223. The van der Waals surface area contributed by atoms with Crippen molar-refractivity contribution in [3.05, 3.63) is 12.7 Å². The monoisotopic (exact) mass is 242 g/mol. The van der Waals surface area contributed by atoms with Crippen molar-refractivity contribution >= 4 is 14.3 Å². The van der Waals surface area contributed by atoms with Gasteiger partial charge >= 0.3 is 0 Å². The van der Waals surface area contributed by atoms with E-state index in [1.165, 1.54) is 0 Å². The maximum absolute atomic E-state index is 11.7. The minimum atomic E-state index is -2.03. The van der Waals surface area contributed by atoms with Crippen LogP contribution in [0, 0.1) is 0 Å². The molecule has 0 atom stereocenters. The van der Waals surface area contributed by atoms with Crippen molar-refractivity contribution < 1.29 is 9.22 Å². The first-order valence-electron chi connectivity index (χ1n) is 6.11. The van der Waals surface area contributed by atoms with E-state index in [2.05, 4.69) is 48.1 Å². The standard InChI is InChI=1S/C13H26O2Si/c1-8-9-13(14)15-16(10(2)3,11(4)5)12(6)7/h8,10-12H,1,9H2,2-7H3. The molecule has 0 radical (unpaired) electrons. The molecule has 16 heavy (non-hydrogen) atoms. The molecule has 0 aliphatic heterocycles. The average molecular weight is 242 g/mol. The van der Waals surface area contributed by atoms with E-state index in [1.807, 2.05) is 0 Å². The minimum absolute atomic E-state index is 0.113. The second kappa shape index (κ2) is 6.23. The molecule has 0 aromatic heterocycles. The highest BCUT2D eigenvalue weighted by atomic mass is 28.4. The molecule has 0 heterocycles. The maximum atomic E-state index is 11.7. The molecule has 0 spiro atoms. The molecular formula is C13H26O2Si. The van der Waals surface area contributed by atoms with Crippen molar-refractivity contribution in [2.75, 3.05) is 0 Å². The van der Waals surface area contributed by atoms with Crippen LogP contribution < -0.4 is 0 Å². The Morgan fingerprint density at radius 2 is 1.50 bits per heavy atom. The van der Waals surface area contributed by atoms with Crippen LogP contribution in [0.4, 0.5) is 0 Å². The molecule has 0 unspecified atom stereocenters. The van der Waals surface area contributed by atoms with Crippen LogP contribution in [0.15, 0.2) is 12.7 Å².